The fourth-order valence-electron chi connectivity index (χ4n) is 5.80. The van der Waals surface area contributed by atoms with Crippen molar-refractivity contribution in [2.75, 3.05) is 48.2 Å². The van der Waals surface area contributed by atoms with Gasteiger partial charge in [0.05, 0.1) is 38.2 Å². The van der Waals surface area contributed by atoms with Crippen molar-refractivity contribution in [1.82, 2.24) is 29.5 Å². The number of aliphatic hydroxyl groups is 3. The lowest BCUT2D eigenvalue weighted by molar-refractivity contribution is -0.114. The van der Waals surface area contributed by atoms with Crippen LogP contribution in [0.5, 0.6) is 0 Å². The van der Waals surface area contributed by atoms with E-state index in [0.717, 1.165) is 10.9 Å². The Hall–Kier alpha value is -3.27. The standard InChI is InChI=1S/C22H31N10O17P3S/c1-30-6-32(16-11(30)18(38)29-22(24)27-16)19-7(2-33)12(34)8(46-19)3-44-50(39,40)48-52(43,53)49-51(41,42)45-4-9-13(35)14(36)20(47-9)31-5-25-10-15(31)26-21(23)28-17(10)37/h2,5,7-9,12-14,19-20,34-36H,3-4,6H2,1H3,(H,39,40)(H,41,42)(H,43,53)(H3,23,26,28,37)(H3,24,27,29,38)/t7?,8-,9?,12?,13?,14?,19-,20?,52?/m1/s1. The fraction of sp³-hybridized carbons (Fsp3) is 0.545. The molecule has 11 atom stereocenters. The number of anilines is 4. The molecule has 2 fully saturated rings. The van der Waals surface area contributed by atoms with E-state index >= 15 is 0 Å². The van der Waals surface area contributed by atoms with E-state index in [1.165, 1.54) is 9.80 Å². The lowest BCUT2D eigenvalue weighted by Crippen LogP contribution is -2.43. The van der Waals surface area contributed by atoms with E-state index in [0.29, 0.717) is 6.29 Å². The minimum atomic E-state index is -5.49. The molecular weight excluding hydrogens is 801 g/mol. The maximum absolute atomic E-state index is 12.7. The number of H-pyrrole nitrogens is 2. The summed E-state index contributed by atoms with van der Waals surface area (Å²) < 4.78 is 56.0. The molecule has 27 nitrogen and oxygen atoms in total. The second kappa shape index (κ2) is 14.4. The highest BCUT2D eigenvalue weighted by Gasteiger charge is 2.51. The van der Waals surface area contributed by atoms with Gasteiger partial charge in [-0.3, -0.25) is 33.2 Å². The highest BCUT2D eigenvalue weighted by atomic mass is 32.5. The molecule has 2 saturated heterocycles. The van der Waals surface area contributed by atoms with Crippen LogP contribution in [0.3, 0.4) is 0 Å². The molecule has 9 unspecified atom stereocenters. The number of ether oxygens (including phenoxy) is 2. The van der Waals surface area contributed by atoms with Crippen LogP contribution in [-0.2, 0) is 52.9 Å². The Morgan fingerprint density at radius 2 is 1.51 bits per heavy atom. The van der Waals surface area contributed by atoms with Gasteiger partial charge in [0.1, 0.15) is 42.6 Å². The zero-order valence-electron chi connectivity index (χ0n) is 26.7. The lowest BCUT2D eigenvalue weighted by Gasteiger charge is -2.27. The first kappa shape index (κ1) is 39.4. The van der Waals surface area contributed by atoms with Gasteiger partial charge in [-0.05, 0) is 11.8 Å². The number of nitrogens with one attached hydrogen (secondary N) is 2. The largest absolute Gasteiger partial charge is 0.479 e. The first-order chi connectivity index (χ1) is 24.7. The number of rotatable bonds is 13. The molecule has 3 aliphatic rings. The minimum Gasteiger partial charge on any atom is -0.389 e. The third kappa shape index (κ3) is 7.95. The number of hydrogen-bond acceptors (Lipinski definition) is 22. The predicted octanol–water partition coefficient (Wildman–Crippen LogP) is -3.71. The number of aliphatic hydroxyl groups excluding tert-OH is 3. The fourth-order valence-corrected chi connectivity index (χ4v) is 10.8. The van der Waals surface area contributed by atoms with Crippen LogP contribution in [0.25, 0.3) is 11.2 Å². The number of carbonyl (C=O) groups excluding carboxylic acids is 1. The summed E-state index contributed by atoms with van der Waals surface area (Å²) >= 11 is 4.58. The molecule has 6 heterocycles. The molecule has 0 aromatic carbocycles. The summed E-state index contributed by atoms with van der Waals surface area (Å²) in [7, 11) is -9.43. The van der Waals surface area contributed by atoms with Gasteiger partial charge in [0.2, 0.25) is 11.9 Å². The molecule has 3 aliphatic heterocycles. The molecule has 3 aromatic rings. The van der Waals surface area contributed by atoms with Gasteiger partial charge in [-0.1, -0.05) is 0 Å². The third-order valence-electron chi connectivity index (χ3n) is 8.07. The maximum atomic E-state index is 12.7. The van der Waals surface area contributed by atoms with Gasteiger partial charge in [-0.2, -0.15) is 9.97 Å². The molecule has 0 aliphatic carbocycles. The number of nitrogen functional groups attached to an aromatic ring is 2. The normalized spacial score (nSPS) is 30.6. The molecule has 3 aromatic heterocycles. The first-order valence-corrected chi connectivity index (χ1v) is 20.4. The van der Waals surface area contributed by atoms with Crippen molar-refractivity contribution >= 4 is 75.0 Å². The van der Waals surface area contributed by atoms with Gasteiger partial charge in [-0.15, -0.1) is 0 Å². The van der Waals surface area contributed by atoms with Crippen LogP contribution in [0.4, 0.5) is 23.4 Å². The number of nitrogens with zero attached hydrogens (tertiary/aromatic N) is 6. The second-order valence-electron chi connectivity index (χ2n) is 11.7. The predicted molar refractivity (Wildman–Crippen MR) is 178 cm³/mol. The summed E-state index contributed by atoms with van der Waals surface area (Å²) in [4.78, 5) is 86.4. The van der Waals surface area contributed by atoms with Crippen molar-refractivity contribution in [3.05, 3.63) is 27.0 Å². The van der Waals surface area contributed by atoms with E-state index in [4.69, 9.17) is 30.0 Å². The molecule has 6 rings (SSSR count). The van der Waals surface area contributed by atoms with Gasteiger partial charge >= 0.3 is 22.4 Å². The van der Waals surface area contributed by atoms with E-state index in [-0.39, 0.29) is 41.2 Å². The second-order valence-corrected chi connectivity index (χ2v) is 17.7. The zero-order valence-corrected chi connectivity index (χ0v) is 30.2. The molecular formula is C22H31N10O17P3S. The van der Waals surface area contributed by atoms with Crippen LogP contribution in [0.2, 0.25) is 0 Å². The molecule has 0 amide bonds. The smallest absolute Gasteiger partial charge is 0.389 e. The molecule has 12 N–H and O–H groups in total. The van der Waals surface area contributed by atoms with E-state index in [1.807, 2.05) is 0 Å². The third-order valence-corrected chi connectivity index (χ3v) is 13.5. The Balaban J connectivity index is 1.04. The minimum absolute atomic E-state index is 0.0295. The van der Waals surface area contributed by atoms with Crippen LogP contribution in [0.15, 0.2) is 15.9 Å². The Kier molecular flexibility index (Phi) is 10.7. The summed E-state index contributed by atoms with van der Waals surface area (Å²) in [6.45, 7) is -7.19. The van der Waals surface area contributed by atoms with E-state index in [1.54, 1.807) is 7.05 Å². The van der Waals surface area contributed by atoms with Crippen molar-refractivity contribution in [1.29, 1.82) is 0 Å². The average molecular weight is 833 g/mol. The summed E-state index contributed by atoms with van der Waals surface area (Å²) in [6.07, 6.45) is -9.51. The van der Waals surface area contributed by atoms with E-state index in [2.05, 4.69) is 45.3 Å². The zero-order chi connectivity index (χ0) is 38.8. The Bertz CT molecular complexity index is 2170. The topological polar surface area (TPSA) is 396 Å². The van der Waals surface area contributed by atoms with Crippen LogP contribution >= 0.6 is 22.4 Å². The summed E-state index contributed by atoms with van der Waals surface area (Å²) in [6, 6.07) is 0. The van der Waals surface area contributed by atoms with Crippen molar-refractivity contribution in [2.45, 2.75) is 43.0 Å². The Morgan fingerprint density at radius 1 is 0.943 bits per heavy atom. The van der Waals surface area contributed by atoms with Crippen LogP contribution < -0.4 is 32.4 Å². The Morgan fingerprint density at radius 3 is 2.13 bits per heavy atom. The number of carbonyl (C=O) groups is 1. The molecule has 31 heteroatoms. The summed E-state index contributed by atoms with van der Waals surface area (Å²) in [5.41, 5.74) is 9.72. The van der Waals surface area contributed by atoms with Crippen LogP contribution in [-0.4, -0.2) is 129 Å². The molecule has 0 saturated carbocycles. The van der Waals surface area contributed by atoms with Crippen LogP contribution in [0.1, 0.15) is 6.23 Å². The number of fused-ring (bicyclic) bond motifs is 2. The number of nitrogens with two attached hydrogens (primary N) is 2. The number of aldehydes is 1. The molecule has 0 radical (unpaired) electrons. The van der Waals surface area contributed by atoms with Crippen molar-refractivity contribution in [2.24, 2.45) is 5.92 Å². The molecule has 0 spiro atoms. The number of aromatic nitrogens is 6. The first-order valence-electron chi connectivity index (χ1n) is 14.8. The van der Waals surface area contributed by atoms with Crippen molar-refractivity contribution in [3.63, 3.8) is 0 Å². The summed E-state index contributed by atoms with van der Waals surface area (Å²) in [5.74, 6) is -1.80. The quantitative estimate of drug-likeness (QED) is 0.0585. The molecule has 53 heavy (non-hydrogen) atoms. The van der Waals surface area contributed by atoms with Gasteiger partial charge < -0.3 is 65.5 Å². The highest BCUT2D eigenvalue weighted by molar-refractivity contribution is 8.09. The molecule has 0 bridgehead atoms. The number of phosphoric ester groups is 2. The SMILES string of the molecule is CN1CN([C@@H]2O[C@H](COP(=O)(O)OP(O)(=S)OP(=O)(O)OCC3OC(n4cnc5c(=O)[nH]c(N)nc54)C(O)C3O)C(O)C2C=O)c2nc(N)[nH]c(=O)c21. The van der Waals surface area contributed by atoms with Gasteiger partial charge in [0.25, 0.3) is 11.1 Å². The van der Waals surface area contributed by atoms with Crippen molar-refractivity contribution < 1.29 is 71.1 Å². The number of hydrogen-bond donors (Lipinski definition) is 10. The van der Waals surface area contributed by atoms with Gasteiger partial charge in [0.15, 0.2) is 23.2 Å². The number of imidazole rings is 1. The Labute approximate surface area is 299 Å². The van der Waals surface area contributed by atoms with E-state index in [9.17, 15) is 53.5 Å². The number of phosphoric acid groups is 2. The van der Waals surface area contributed by atoms with Crippen molar-refractivity contribution in [3.8, 4) is 0 Å². The number of aromatic amines is 2. The molecule has 292 valence electrons. The monoisotopic (exact) mass is 832 g/mol. The average Bonchev–Trinajstić information content (AvgIpc) is 3.77. The summed E-state index contributed by atoms with van der Waals surface area (Å²) in [5, 5.41) is 31.8. The van der Waals surface area contributed by atoms with Gasteiger partial charge in [0, 0.05) is 7.05 Å². The highest BCUT2D eigenvalue weighted by Crippen LogP contribution is 2.68. The van der Waals surface area contributed by atoms with Gasteiger partial charge in [-0.25, -0.2) is 22.7 Å². The van der Waals surface area contributed by atoms with Crippen LogP contribution in [0, 0.1) is 5.92 Å². The maximum Gasteiger partial charge on any atom is 0.479 e. The lowest BCUT2D eigenvalue weighted by atomic mass is 10.0. The van der Waals surface area contributed by atoms with E-state index < -0.39 is 95.6 Å².